The van der Waals surface area contributed by atoms with Gasteiger partial charge in [0.25, 0.3) is 0 Å². The van der Waals surface area contributed by atoms with E-state index in [0.717, 1.165) is 27.9 Å². The van der Waals surface area contributed by atoms with Crippen LogP contribution in [0.15, 0.2) is 78.9 Å². The normalized spacial score (nSPS) is 10.0. The lowest BCUT2D eigenvalue weighted by Crippen LogP contribution is -2.14. The Bertz CT molecular complexity index is 876. The van der Waals surface area contributed by atoms with E-state index in [4.69, 9.17) is 5.26 Å². The SMILES string of the molecule is N#CCc1ccc(NC(=O)Cc2ccc(-c3ccccc3)cc2)cc1. The Hall–Kier alpha value is -3.38. The lowest BCUT2D eigenvalue weighted by molar-refractivity contribution is -0.115. The van der Waals surface area contributed by atoms with E-state index in [1.165, 1.54) is 0 Å². The number of nitrogens with one attached hydrogen (secondary N) is 1. The van der Waals surface area contributed by atoms with Crippen LogP contribution in [-0.4, -0.2) is 5.91 Å². The average molecular weight is 326 g/mol. The smallest absolute Gasteiger partial charge is 0.228 e. The molecule has 1 N–H and O–H groups in total. The van der Waals surface area contributed by atoms with Crippen molar-refractivity contribution in [1.82, 2.24) is 0 Å². The minimum absolute atomic E-state index is 0.0551. The lowest BCUT2D eigenvalue weighted by Gasteiger charge is -2.07. The van der Waals surface area contributed by atoms with E-state index >= 15 is 0 Å². The second-order valence-corrected chi connectivity index (χ2v) is 5.82. The molecule has 122 valence electrons. The highest BCUT2D eigenvalue weighted by atomic mass is 16.1. The lowest BCUT2D eigenvalue weighted by atomic mass is 10.0. The Morgan fingerprint density at radius 1 is 0.800 bits per heavy atom. The number of carbonyl (C=O) groups is 1. The van der Waals surface area contributed by atoms with Crippen LogP contribution in [0.1, 0.15) is 11.1 Å². The number of nitrogens with zero attached hydrogens (tertiary/aromatic N) is 1. The first-order valence-corrected chi connectivity index (χ1v) is 8.15. The zero-order valence-corrected chi connectivity index (χ0v) is 13.8. The minimum atomic E-state index is -0.0551. The maximum Gasteiger partial charge on any atom is 0.228 e. The number of carbonyl (C=O) groups excluding carboxylic acids is 1. The van der Waals surface area contributed by atoms with Crippen LogP contribution < -0.4 is 5.32 Å². The maximum atomic E-state index is 12.2. The predicted octanol–water partition coefficient (Wildman–Crippen LogP) is 4.60. The van der Waals surface area contributed by atoms with E-state index in [2.05, 4.69) is 23.5 Å². The minimum Gasteiger partial charge on any atom is -0.326 e. The molecular formula is C22H18N2O. The largest absolute Gasteiger partial charge is 0.326 e. The Labute approximate surface area is 147 Å². The van der Waals surface area contributed by atoms with Crippen LogP contribution in [0.3, 0.4) is 0 Å². The van der Waals surface area contributed by atoms with Gasteiger partial charge in [0.05, 0.1) is 18.9 Å². The van der Waals surface area contributed by atoms with E-state index in [1.54, 1.807) is 0 Å². The van der Waals surface area contributed by atoms with Crippen molar-refractivity contribution < 1.29 is 4.79 Å². The quantitative estimate of drug-likeness (QED) is 0.745. The fourth-order valence-electron chi connectivity index (χ4n) is 2.63. The summed E-state index contributed by atoms with van der Waals surface area (Å²) in [6.07, 6.45) is 0.705. The standard InChI is InChI=1S/C22H18N2O/c23-15-14-17-8-12-21(13-9-17)24-22(25)16-18-6-10-20(11-7-18)19-4-2-1-3-5-19/h1-13H,14,16H2,(H,24,25). The summed E-state index contributed by atoms with van der Waals surface area (Å²) in [5, 5.41) is 11.6. The zero-order chi connectivity index (χ0) is 17.5. The summed E-state index contributed by atoms with van der Waals surface area (Å²) in [4.78, 5) is 12.2. The highest BCUT2D eigenvalue weighted by Gasteiger charge is 2.05. The van der Waals surface area contributed by atoms with Crippen molar-refractivity contribution in [2.45, 2.75) is 12.8 Å². The topological polar surface area (TPSA) is 52.9 Å². The third kappa shape index (κ3) is 4.55. The molecule has 0 aliphatic rings. The fourth-order valence-corrected chi connectivity index (χ4v) is 2.63. The Morgan fingerprint density at radius 3 is 2.04 bits per heavy atom. The molecule has 0 atom stereocenters. The van der Waals surface area contributed by atoms with Gasteiger partial charge in [-0.05, 0) is 34.4 Å². The maximum absolute atomic E-state index is 12.2. The summed E-state index contributed by atoms with van der Waals surface area (Å²) < 4.78 is 0. The second kappa shape index (κ2) is 7.94. The van der Waals surface area contributed by atoms with Gasteiger partial charge in [0.2, 0.25) is 5.91 Å². The first-order chi connectivity index (χ1) is 12.2. The average Bonchev–Trinajstić information content (AvgIpc) is 2.65. The highest BCUT2D eigenvalue weighted by molar-refractivity contribution is 5.92. The molecule has 0 aromatic heterocycles. The summed E-state index contributed by atoms with van der Waals surface area (Å²) in [5.74, 6) is -0.0551. The molecule has 3 rings (SSSR count). The summed E-state index contributed by atoms with van der Waals surface area (Å²) in [7, 11) is 0. The van der Waals surface area contributed by atoms with Crippen molar-refractivity contribution in [3.8, 4) is 17.2 Å². The van der Waals surface area contributed by atoms with E-state index in [0.29, 0.717) is 12.8 Å². The van der Waals surface area contributed by atoms with Crippen molar-refractivity contribution >= 4 is 11.6 Å². The third-order valence-corrected chi connectivity index (χ3v) is 3.95. The Kier molecular flexibility index (Phi) is 5.23. The second-order valence-electron chi connectivity index (χ2n) is 5.82. The van der Waals surface area contributed by atoms with Crippen LogP contribution in [0.4, 0.5) is 5.69 Å². The van der Waals surface area contributed by atoms with Crippen LogP contribution in [0.2, 0.25) is 0 Å². The molecule has 0 fully saturated rings. The highest BCUT2D eigenvalue weighted by Crippen LogP contribution is 2.19. The summed E-state index contributed by atoms with van der Waals surface area (Å²) in [6, 6.07) is 27.7. The number of hydrogen-bond acceptors (Lipinski definition) is 2. The van der Waals surface area contributed by atoms with Crippen LogP contribution >= 0.6 is 0 Å². The molecule has 0 radical (unpaired) electrons. The van der Waals surface area contributed by atoms with E-state index in [9.17, 15) is 4.79 Å². The van der Waals surface area contributed by atoms with E-state index in [-0.39, 0.29) is 5.91 Å². The van der Waals surface area contributed by atoms with Gasteiger partial charge in [0.1, 0.15) is 0 Å². The van der Waals surface area contributed by atoms with Crippen molar-refractivity contribution in [2.24, 2.45) is 0 Å². The van der Waals surface area contributed by atoms with E-state index < -0.39 is 0 Å². The number of anilines is 1. The number of amides is 1. The predicted molar refractivity (Wildman–Crippen MR) is 100.0 cm³/mol. The molecule has 0 bridgehead atoms. The summed E-state index contributed by atoms with van der Waals surface area (Å²) in [5.41, 5.74) is 4.96. The van der Waals surface area contributed by atoms with Gasteiger partial charge in [-0.1, -0.05) is 66.7 Å². The molecule has 25 heavy (non-hydrogen) atoms. The van der Waals surface area contributed by atoms with Crippen LogP contribution in [0.5, 0.6) is 0 Å². The molecule has 0 unspecified atom stereocenters. The van der Waals surface area contributed by atoms with Gasteiger partial charge in [-0.25, -0.2) is 0 Å². The monoisotopic (exact) mass is 326 g/mol. The Balaban J connectivity index is 1.60. The molecule has 0 aliphatic heterocycles. The fraction of sp³-hybridized carbons (Fsp3) is 0.0909. The van der Waals surface area contributed by atoms with E-state index in [1.807, 2.05) is 66.7 Å². The van der Waals surface area contributed by atoms with Crippen molar-refractivity contribution in [3.63, 3.8) is 0 Å². The number of nitriles is 1. The molecule has 0 heterocycles. The molecule has 0 saturated carbocycles. The van der Waals surface area contributed by atoms with Gasteiger partial charge < -0.3 is 5.32 Å². The molecule has 3 heteroatoms. The molecule has 0 spiro atoms. The molecule has 3 nitrogen and oxygen atoms in total. The molecule has 0 aliphatic carbocycles. The van der Waals surface area contributed by atoms with Crippen molar-refractivity contribution in [3.05, 3.63) is 90.0 Å². The van der Waals surface area contributed by atoms with Crippen LogP contribution in [0.25, 0.3) is 11.1 Å². The van der Waals surface area contributed by atoms with Crippen LogP contribution in [-0.2, 0) is 17.6 Å². The first kappa shape index (κ1) is 16.5. The van der Waals surface area contributed by atoms with Crippen molar-refractivity contribution in [1.29, 1.82) is 5.26 Å². The first-order valence-electron chi connectivity index (χ1n) is 8.15. The van der Waals surface area contributed by atoms with Gasteiger partial charge in [0, 0.05) is 5.69 Å². The molecule has 1 amide bonds. The molecule has 3 aromatic rings. The number of hydrogen-bond donors (Lipinski definition) is 1. The molecule has 0 saturated heterocycles. The number of benzene rings is 3. The van der Waals surface area contributed by atoms with Gasteiger partial charge in [-0.15, -0.1) is 0 Å². The van der Waals surface area contributed by atoms with Crippen LogP contribution in [0, 0.1) is 11.3 Å². The molecular weight excluding hydrogens is 308 g/mol. The molecule has 3 aromatic carbocycles. The summed E-state index contributed by atoms with van der Waals surface area (Å²) in [6.45, 7) is 0. The van der Waals surface area contributed by atoms with Gasteiger partial charge in [0.15, 0.2) is 0 Å². The number of rotatable bonds is 5. The Morgan fingerprint density at radius 2 is 1.40 bits per heavy atom. The third-order valence-electron chi connectivity index (χ3n) is 3.95. The van der Waals surface area contributed by atoms with Crippen molar-refractivity contribution in [2.75, 3.05) is 5.32 Å². The summed E-state index contributed by atoms with van der Waals surface area (Å²) >= 11 is 0. The van der Waals surface area contributed by atoms with Gasteiger partial charge in [-0.2, -0.15) is 5.26 Å². The zero-order valence-electron chi connectivity index (χ0n) is 13.8. The van der Waals surface area contributed by atoms with Gasteiger partial charge in [-0.3, -0.25) is 4.79 Å². The van der Waals surface area contributed by atoms with Gasteiger partial charge >= 0.3 is 0 Å².